The fourth-order valence-electron chi connectivity index (χ4n) is 2.32. The van der Waals surface area contributed by atoms with Crippen LogP contribution in [0.5, 0.6) is 5.75 Å². The van der Waals surface area contributed by atoms with Crippen LogP contribution in [0.15, 0.2) is 47.6 Å². The number of carbonyl (C=O) groups excluding carboxylic acids is 1. The quantitative estimate of drug-likeness (QED) is 0.314. The summed E-state index contributed by atoms with van der Waals surface area (Å²) in [6, 6.07) is 9.35. The van der Waals surface area contributed by atoms with E-state index in [0.717, 1.165) is 6.07 Å². The average molecular weight is 452 g/mol. The lowest BCUT2D eigenvalue weighted by Gasteiger charge is -2.08. The molecule has 0 unspecified atom stereocenters. The number of hydrogen-bond donors (Lipinski definition) is 1. The number of hydrogen-bond acceptors (Lipinski definition) is 7. The summed E-state index contributed by atoms with van der Waals surface area (Å²) in [4.78, 5) is 22.2. The standard InChI is InChI=1S/C18H15ClFN5O4S/c1-24-16(9-29-15-7-2-11(20)8-14(15)19)22-23-18(24)30-10-17(26)21-12-3-5-13(6-4-12)25(27)28/h2-8H,9-10H2,1H3,(H,21,26). The first-order chi connectivity index (χ1) is 14.3. The Kier molecular flexibility index (Phi) is 6.85. The lowest BCUT2D eigenvalue weighted by molar-refractivity contribution is -0.384. The lowest BCUT2D eigenvalue weighted by Crippen LogP contribution is -2.14. The molecule has 3 aromatic rings. The zero-order valence-corrected chi connectivity index (χ0v) is 17.1. The molecule has 0 fully saturated rings. The summed E-state index contributed by atoms with van der Waals surface area (Å²) < 4.78 is 20.3. The highest BCUT2D eigenvalue weighted by Crippen LogP contribution is 2.26. The summed E-state index contributed by atoms with van der Waals surface area (Å²) in [5.41, 5.74) is 0.396. The van der Waals surface area contributed by atoms with Gasteiger partial charge in [0.25, 0.3) is 5.69 Å². The Balaban J connectivity index is 1.53. The second kappa shape index (κ2) is 9.55. The third kappa shape index (κ3) is 5.45. The van der Waals surface area contributed by atoms with Gasteiger partial charge in [-0.25, -0.2) is 4.39 Å². The molecule has 0 saturated heterocycles. The minimum absolute atomic E-state index is 0.0573. The van der Waals surface area contributed by atoms with Crippen molar-refractivity contribution in [2.75, 3.05) is 11.1 Å². The van der Waals surface area contributed by atoms with Crippen molar-refractivity contribution in [2.24, 2.45) is 7.05 Å². The minimum atomic E-state index is -0.513. The fourth-order valence-corrected chi connectivity index (χ4v) is 3.28. The van der Waals surface area contributed by atoms with Gasteiger partial charge in [0.2, 0.25) is 5.91 Å². The molecular weight excluding hydrogens is 437 g/mol. The fraction of sp³-hybridized carbons (Fsp3) is 0.167. The SMILES string of the molecule is Cn1c(COc2ccc(F)cc2Cl)nnc1SCC(=O)Nc1ccc([N+](=O)[O-])cc1. The third-order valence-corrected chi connectivity index (χ3v) is 5.19. The molecule has 1 aromatic heterocycles. The van der Waals surface area contributed by atoms with E-state index in [1.807, 2.05) is 0 Å². The Morgan fingerprint density at radius 2 is 2.03 bits per heavy atom. The summed E-state index contributed by atoms with van der Waals surface area (Å²) in [5, 5.41) is 22.0. The molecule has 0 radical (unpaired) electrons. The van der Waals surface area contributed by atoms with Crippen molar-refractivity contribution in [1.82, 2.24) is 14.8 Å². The Hall–Kier alpha value is -3.18. The van der Waals surface area contributed by atoms with Gasteiger partial charge in [0.05, 0.1) is 15.7 Å². The molecule has 0 saturated carbocycles. The zero-order chi connectivity index (χ0) is 21.7. The minimum Gasteiger partial charge on any atom is -0.484 e. The Labute approximate surface area is 179 Å². The van der Waals surface area contributed by atoms with Gasteiger partial charge in [0.1, 0.15) is 18.2 Å². The Bertz CT molecular complexity index is 1080. The highest BCUT2D eigenvalue weighted by molar-refractivity contribution is 7.99. The zero-order valence-electron chi connectivity index (χ0n) is 15.5. The maximum atomic E-state index is 13.1. The molecule has 1 amide bonds. The number of nitrogens with one attached hydrogen (secondary N) is 1. The monoisotopic (exact) mass is 451 g/mol. The van der Waals surface area contributed by atoms with Gasteiger partial charge in [0, 0.05) is 24.9 Å². The van der Waals surface area contributed by atoms with E-state index < -0.39 is 10.7 Å². The molecule has 9 nitrogen and oxygen atoms in total. The maximum Gasteiger partial charge on any atom is 0.269 e. The smallest absolute Gasteiger partial charge is 0.269 e. The van der Waals surface area contributed by atoms with Gasteiger partial charge in [-0.3, -0.25) is 14.9 Å². The first-order valence-corrected chi connectivity index (χ1v) is 9.83. The number of ether oxygens (including phenoxy) is 1. The molecule has 2 aromatic carbocycles. The largest absolute Gasteiger partial charge is 0.484 e. The number of aromatic nitrogens is 3. The Morgan fingerprint density at radius 3 is 2.70 bits per heavy atom. The molecule has 12 heteroatoms. The van der Waals surface area contributed by atoms with Gasteiger partial charge in [-0.2, -0.15) is 0 Å². The second-order valence-electron chi connectivity index (χ2n) is 5.96. The van der Waals surface area contributed by atoms with E-state index in [4.69, 9.17) is 16.3 Å². The highest BCUT2D eigenvalue weighted by Gasteiger charge is 2.13. The molecule has 0 atom stereocenters. The molecule has 30 heavy (non-hydrogen) atoms. The summed E-state index contributed by atoms with van der Waals surface area (Å²) in [7, 11) is 1.72. The van der Waals surface area contributed by atoms with Gasteiger partial charge in [-0.15, -0.1) is 10.2 Å². The van der Waals surface area contributed by atoms with Crippen LogP contribution in [0.25, 0.3) is 0 Å². The van der Waals surface area contributed by atoms with Gasteiger partial charge in [-0.05, 0) is 30.3 Å². The number of non-ortho nitro benzene ring substituents is 1. The molecule has 3 rings (SSSR count). The number of nitro benzene ring substituents is 1. The van der Waals surface area contributed by atoms with Crippen molar-refractivity contribution in [3.8, 4) is 5.75 Å². The second-order valence-corrected chi connectivity index (χ2v) is 7.31. The van der Waals surface area contributed by atoms with Crippen molar-refractivity contribution >= 4 is 40.6 Å². The number of nitrogens with zero attached hydrogens (tertiary/aromatic N) is 4. The van der Waals surface area contributed by atoms with Crippen LogP contribution in [0.3, 0.4) is 0 Å². The van der Waals surface area contributed by atoms with E-state index >= 15 is 0 Å². The molecular formula is C18H15ClFN5O4S. The molecule has 0 bridgehead atoms. The molecule has 1 N–H and O–H groups in total. The number of amides is 1. The van der Waals surface area contributed by atoms with E-state index in [2.05, 4.69) is 15.5 Å². The number of benzene rings is 2. The highest BCUT2D eigenvalue weighted by atomic mass is 35.5. The molecule has 0 aliphatic heterocycles. The van der Waals surface area contributed by atoms with Crippen LogP contribution < -0.4 is 10.1 Å². The van der Waals surface area contributed by atoms with Gasteiger partial charge >= 0.3 is 0 Å². The van der Waals surface area contributed by atoms with E-state index in [9.17, 15) is 19.3 Å². The molecule has 0 aliphatic carbocycles. The van der Waals surface area contributed by atoms with Crippen LogP contribution in [0.1, 0.15) is 5.82 Å². The summed E-state index contributed by atoms with van der Waals surface area (Å²) in [6.07, 6.45) is 0. The number of thioether (sulfide) groups is 1. The number of anilines is 1. The molecule has 0 spiro atoms. The van der Waals surface area contributed by atoms with Crippen molar-refractivity contribution < 1.29 is 18.8 Å². The lowest BCUT2D eigenvalue weighted by atomic mass is 10.3. The number of rotatable bonds is 8. The predicted octanol–water partition coefficient (Wildman–Crippen LogP) is 3.83. The first kappa shape index (κ1) is 21.5. The van der Waals surface area contributed by atoms with E-state index in [0.29, 0.717) is 22.4 Å². The van der Waals surface area contributed by atoms with Crippen LogP contribution in [0.4, 0.5) is 15.8 Å². The predicted molar refractivity (Wildman–Crippen MR) is 109 cm³/mol. The first-order valence-electron chi connectivity index (χ1n) is 8.46. The van der Waals surface area contributed by atoms with Gasteiger partial charge in [-0.1, -0.05) is 23.4 Å². The van der Waals surface area contributed by atoms with Crippen molar-refractivity contribution in [1.29, 1.82) is 0 Å². The van der Waals surface area contributed by atoms with E-state index in [1.54, 1.807) is 11.6 Å². The van der Waals surface area contributed by atoms with Gasteiger partial charge < -0.3 is 14.6 Å². The average Bonchev–Trinajstić information content (AvgIpc) is 3.06. The summed E-state index contributed by atoms with van der Waals surface area (Å²) in [6.45, 7) is 0.0599. The number of halogens is 2. The van der Waals surface area contributed by atoms with E-state index in [1.165, 1.54) is 48.2 Å². The van der Waals surface area contributed by atoms with Crippen molar-refractivity contribution in [2.45, 2.75) is 11.8 Å². The van der Waals surface area contributed by atoms with Crippen LogP contribution >= 0.6 is 23.4 Å². The maximum absolute atomic E-state index is 13.1. The van der Waals surface area contributed by atoms with Crippen molar-refractivity contribution in [3.63, 3.8) is 0 Å². The topological polar surface area (TPSA) is 112 Å². The molecule has 0 aliphatic rings. The van der Waals surface area contributed by atoms with Crippen LogP contribution in [0, 0.1) is 15.9 Å². The van der Waals surface area contributed by atoms with Crippen LogP contribution in [0.2, 0.25) is 5.02 Å². The van der Waals surface area contributed by atoms with Crippen LogP contribution in [-0.4, -0.2) is 31.3 Å². The summed E-state index contributed by atoms with van der Waals surface area (Å²) >= 11 is 7.09. The van der Waals surface area contributed by atoms with Gasteiger partial charge in [0.15, 0.2) is 11.0 Å². The molecule has 156 valence electrons. The van der Waals surface area contributed by atoms with Crippen molar-refractivity contribution in [3.05, 3.63) is 69.2 Å². The molecule has 1 heterocycles. The normalized spacial score (nSPS) is 10.6. The number of nitro groups is 1. The Morgan fingerprint density at radius 1 is 1.30 bits per heavy atom. The third-order valence-electron chi connectivity index (χ3n) is 3.87. The van der Waals surface area contributed by atoms with E-state index in [-0.39, 0.29) is 29.0 Å². The summed E-state index contributed by atoms with van der Waals surface area (Å²) in [5.74, 6) is 0.115. The number of carbonyl (C=O) groups is 1. The van der Waals surface area contributed by atoms with Crippen LogP contribution in [-0.2, 0) is 18.4 Å².